The monoisotopic (exact) mass is 837 g/mol. The van der Waals surface area contributed by atoms with Crippen LogP contribution in [0.4, 0.5) is 5.69 Å². The average Bonchev–Trinajstić information content (AvgIpc) is 3.59. The molecule has 0 spiro atoms. The van der Waals surface area contributed by atoms with E-state index in [0.717, 1.165) is 76.8 Å². The molecule has 15 heteroatoms. The largest absolute Gasteiger partial charge is 0.464 e. The molecule has 6 bridgehead atoms. The fourth-order valence-corrected chi connectivity index (χ4v) is 11.1. The van der Waals surface area contributed by atoms with Crippen LogP contribution in [0.25, 0.3) is 33.4 Å². The highest BCUT2D eigenvalue weighted by Gasteiger charge is 2.58. The Balaban J connectivity index is 1.10. The zero-order valence-corrected chi connectivity index (χ0v) is 35.8. The Morgan fingerprint density at radius 1 is 1.07 bits per heavy atom. The number of pyridine rings is 1. The maximum Gasteiger partial charge on any atom is 0.324 e. The molecule has 1 aliphatic carbocycles. The van der Waals surface area contributed by atoms with Gasteiger partial charge in [-0.05, 0) is 80.2 Å². The molecular weight excluding hydrogens is 783 g/mol. The highest BCUT2D eigenvalue weighted by Crippen LogP contribution is 2.51. The summed E-state index contributed by atoms with van der Waals surface area (Å²) < 4.78 is 25.9. The minimum Gasteiger partial charge on any atom is -0.464 e. The summed E-state index contributed by atoms with van der Waals surface area (Å²) in [5.74, 6) is -0.515. The molecule has 60 heavy (non-hydrogen) atoms. The van der Waals surface area contributed by atoms with Crippen LogP contribution in [0.2, 0.25) is 0 Å². The van der Waals surface area contributed by atoms with Crippen LogP contribution >= 0.6 is 11.3 Å². The molecule has 2 amide bonds. The first-order chi connectivity index (χ1) is 29.1. The van der Waals surface area contributed by atoms with E-state index in [4.69, 9.17) is 28.9 Å². The van der Waals surface area contributed by atoms with E-state index < -0.39 is 17.5 Å². The van der Waals surface area contributed by atoms with Gasteiger partial charge < -0.3 is 33.7 Å². The number of ether oxygens (including phenoxy) is 4. The van der Waals surface area contributed by atoms with Crippen molar-refractivity contribution < 1.29 is 33.3 Å². The minimum absolute atomic E-state index is 0.119. The number of nitrogens with one attached hydrogen (secondary N) is 2. The molecule has 8 heterocycles. The van der Waals surface area contributed by atoms with Crippen molar-refractivity contribution in [2.24, 2.45) is 23.2 Å². The summed E-state index contributed by atoms with van der Waals surface area (Å²) >= 11 is 1.51. The summed E-state index contributed by atoms with van der Waals surface area (Å²) in [5, 5.41) is 8.61. The summed E-state index contributed by atoms with van der Waals surface area (Å²) in [4.78, 5) is 54.4. The van der Waals surface area contributed by atoms with Gasteiger partial charge in [0.15, 0.2) is 0 Å². The molecule has 6 aliphatic rings. The van der Waals surface area contributed by atoms with E-state index in [2.05, 4.69) is 64.6 Å². The fraction of sp³-hybridized carbons (Fsp3) is 0.578. The highest BCUT2D eigenvalue weighted by molar-refractivity contribution is 7.10. The van der Waals surface area contributed by atoms with Crippen molar-refractivity contribution in [3.63, 3.8) is 0 Å². The summed E-state index contributed by atoms with van der Waals surface area (Å²) in [5.41, 5.74) is 12.4. The Kier molecular flexibility index (Phi) is 10.5. The molecule has 10 rings (SSSR count). The highest BCUT2D eigenvalue weighted by atomic mass is 32.1. The number of fused-ring (bicyclic) bond motifs is 7. The number of hydrogen-bond donors (Lipinski definition) is 2. The summed E-state index contributed by atoms with van der Waals surface area (Å²) in [7, 11) is 1.73. The number of amides is 2. The van der Waals surface area contributed by atoms with Gasteiger partial charge in [0.1, 0.15) is 12.1 Å². The molecule has 1 aromatic carbocycles. The number of carbonyl (C=O) groups excluding carboxylic acids is 3. The van der Waals surface area contributed by atoms with Gasteiger partial charge in [-0.3, -0.25) is 24.4 Å². The topological polar surface area (TPSA) is 149 Å². The van der Waals surface area contributed by atoms with Crippen LogP contribution in [0.5, 0.6) is 0 Å². The van der Waals surface area contributed by atoms with E-state index >= 15 is 0 Å². The van der Waals surface area contributed by atoms with Crippen molar-refractivity contribution in [2.45, 2.75) is 84.0 Å². The molecule has 1 unspecified atom stereocenters. The lowest BCUT2D eigenvalue weighted by Crippen LogP contribution is -2.60. The Bertz CT molecular complexity index is 2320. The second-order valence-electron chi connectivity index (χ2n) is 18.3. The molecule has 1 saturated carbocycles. The number of rotatable bonds is 6. The number of morpholine rings is 1. The van der Waals surface area contributed by atoms with Gasteiger partial charge in [-0.2, -0.15) is 0 Å². The quantitative estimate of drug-likeness (QED) is 0.257. The van der Waals surface area contributed by atoms with E-state index in [0.29, 0.717) is 52.2 Å². The molecule has 6 atom stereocenters. The molecular formula is C45H55N7O7S. The van der Waals surface area contributed by atoms with Gasteiger partial charge in [-0.25, -0.2) is 10.4 Å². The minimum atomic E-state index is -0.851. The molecule has 318 valence electrons. The number of aryl methyl sites for hydroxylation is 2. The van der Waals surface area contributed by atoms with Crippen molar-refractivity contribution >= 4 is 45.7 Å². The van der Waals surface area contributed by atoms with Crippen LogP contribution in [0, 0.1) is 23.2 Å². The van der Waals surface area contributed by atoms with Gasteiger partial charge in [0, 0.05) is 72.9 Å². The van der Waals surface area contributed by atoms with Crippen LogP contribution in [-0.2, 0) is 59.1 Å². The molecule has 3 aromatic heterocycles. The lowest BCUT2D eigenvalue weighted by atomic mass is 9.84. The number of anilines is 1. The van der Waals surface area contributed by atoms with Crippen LogP contribution in [0.1, 0.15) is 68.0 Å². The van der Waals surface area contributed by atoms with Crippen LogP contribution in [0.15, 0.2) is 29.8 Å². The summed E-state index contributed by atoms with van der Waals surface area (Å²) in [6.07, 6.45) is 5.66. The number of carbonyl (C=O) groups is 3. The lowest BCUT2D eigenvalue weighted by Gasteiger charge is -2.35. The maximum absolute atomic E-state index is 14.3. The zero-order chi connectivity index (χ0) is 41.3. The lowest BCUT2D eigenvalue weighted by molar-refractivity contribution is -0.155. The molecule has 4 aromatic rings. The van der Waals surface area contributed by atoms with Crippen LogP contribution < -0.4 is 15.6 Å². The summed E-state index contributed by atoms with van der Waals surface area (Å²) in [6.45, 7) is 11.9. The predicted octanol–water partition coefficient (Wildman–Crippen LogP) is 4.86. The standard InChI is InChI=1S/C45H55N7O7S/c1-25(56-4)39-30(17-28(20-46-39)50-11-13-57-14-12-50)41-31-19-45(2,3)24-59-44(55)34-8-6-10-52(49-34)43(54)35(48-42(53)38-32-21-58-22-33(32)38)18-37-47-36(23-60-37)27-15-26-7-5-9-51(41)40(26)29(31)16-27/h15-17,20,23,25,32-35,38,49H,5-14,18-19,21-22,24H2,1-4H3,(H,48,53)/t25-,32-,33+,34-,35-,38?/m0/s1. The number of aromatic nitrogens is 3. The number of nitrogens with zero attached hydrogens (tertiary/aromatic N) is 5. The number of cyclic esters (lactones) is 1. The van der Waals surface area contributed by atoms with E-state index in [9.17, 15) is 14.4 Å². The smallest absolute Gasteiger partial charge is 0.324 e. The number of methoxy groups -OCH3 is 1. The SMILES string of the molecule is CO[C@@H](C)c1ncc(N2CCOCC2)cc1-c1c2c3cc(cc4c3n1CCC4)-c1csc(n1)C[C@H](NC(=O)C1[C@H]3COC[C@@H]13)C(=O)N1CCC[C@H](N1)C(=O)OCC(C)(C)C2. The van der Waals surface area contributed by atoms with Gasteiger partial charge in [0.25, 0.3) is 5.91 Å². The van der Waals surface area contributed by atoms with E-state index in [1.807, 2.05) is 6.20 Å². The first-order valence-electron chi connectivity index (χ1n) is 21.7. The van der Waals surface area contributed by atoms with Crippen molar-refractivity contribution in [1.82, 2.24) is 30.3 Å². The third-order valence-electron chi connectivity index (χ3n) is 13.5. The van der Waals surface area contributed by atoms with Crippen LogP contribution in [0.3, 0.4) is 0 Å². The van der Waals surface area contributed by atoms with E-state index in [1.54, 1.807) is 7.11 Å². The molecule has 0 radical (unpaired) electrons. The Hall–Kier alpha value is -4.41. The van der Waals surface area contributed by atoms with Gasteiger partial charge in [-0.1, -0.05) is 13.8 Å². The number of benzene rings is 1. The predicted molar refractivity (Wildman–Crippen MR) is 226 cm³/mol. The van der Waals surface area contributed by atoms with Crippen molar-refractivity contribution in [3.05, 3.63) is 51.6 Å². The second-order valence-corrected chi connectivity index (χ2v) is 19.2. The molecule has 14 nitrogen and oxygen atoms in total. The van der Waals surface area contributed by atoms with Gasteiger partial charge in [0.2, 0.25) is 5.91 Å². The molecule has 5 aliphatic heterocycles. The normalized spacial score (nSPS) is 27.0. The Morgan fingerprint density at radius 3 is 2.68 bits per heavy atom. The third-order valence-corrected chi connectivity index (χ3v) is 14.4. The fourth-order valence-electron chi connectivity index (χ4n) is 10.2. The number of esters is 1. The summed E-state index contributed by atoms with van der Waals surface area (Å²) in [6, 6.07) is 5.31. The Morgan fingerprint density at radius 2 is 1.88 bits per heavy atom. The maximum atomic E-state index is 14.3. The van der Waals surface area contributed by atoms with Crippen molar-refractivity contribution in [2.75, 3.05) is 64.7 Å². The molecule has 4 fully saturated rings. The first kappa shape index (κ1) is 39.7. The average molecular weight is 838 g/mol. The Labute approximate surface area is 354 Å². The first-order valence-corrected chi connectivity index (χ1v) is 22.6. The number of thiazole rings is 1. The number of hydrazine groups is 1. The van der Waals surface area contributed by atoms with Gasteiger partial charge >= 0.3 is 5.97 Å². The van der Waals surface area contributed by atoms with Crippen LogP contribution in [-0.4, -0.2) is 109 Å². The third kappa shape index (κ3) is 7.29. The number of hydrogen-bond acceptors (Lipinski definition) is 12. The van der Waals surface area contributed by atoms with Crippen molar-refractivity contribution in [3.8, 4) is 22.5 Å². The van der Waals surface area contributed by atoms with Gasteiger partial charge in [0.05, 0.1) is 78.6 Å². The van der Waals surface area contributed by atoms with E-state index in [-0.39, 0.29) is 54.7 Å². The molecule has 3 saturated heterocycles. The zero-order valence-electron chi connectivity index (χ0n) is 35.0. The van der Waals surface area contributed by atoms with Crippen molar-refractivity contribution in [1.29, 1.82) is 0 Å². The van der Waals surface area contributed by atoms with Gasteiger partial charge in [-0.15, -0.1) is 11.3 Å². The molecule has 2 N–H and O–H groups in total. The van der Waals surface area contributed by atoms with E-state index in [1.165, 1.54) is 33.0 Å². The second kappa shape index (κ2) is 15.8.